The Labute approximate surface area is 108 Å². The summed E-state index contributed by atoms with van der Waals surface area (Å²) in [6, 6.07) is 0. The molecule has 0 rings (SSSR count). The fraction of sp³-hybridized carbons (Fsp3) is 1.00. The van der Waals surface area contributed by atoms with Crippen LogP contribution in [0.2, 0.25) is 0 Å². The predicted molar refractivity (Wildman–Crippen MR) is 76.9 cm³/mol. The third-order valence-corrected chi connectivity index (χ3v) is 3.09. The van der Waals surface area contributed by atoms with Gasteiger partial charge in [-0.25, -0.2) is 0 Å². The third-order valence-electron chi connectivity index (χ3n) is 3.09. The van der Waals surface area contributed by atoms with Crippen molar-refractivity contribution < 1.29 is 0 Å². The number of hydrogen-bond donors (Lipinski definition) is 3. The van der Waals surface area contributed by atoms with Crippen LogP contribution in [-0.2, 0) is 0 Å². The lowest BCUT2D eigenvalue weighted by Crippen LogP contribution is -2.41. The molecule has 0 aromatic rings. The molecule has 3 heteroatoms. The van der Waals surface area contributed by atoms with Crippen molar-refractivity contribution in [2.75, 3.05) is 13.1 Å². The summed E-state index contributed by atoms with van der Waals surface area (Å²) < 4.78 is 0. The second-order valence-corrected chi connectivity index (χ2v) is 5.05. The van der Waals surface area contributed by atoms with Gasteiger partial charge in [-0.1, -0.05) is 64.7 Å². The fourth-order valence-electron chi connectivity index (χ4n) is 2.01. The SMILES string of the molecule is CCCCCCCCCCCCNCC(N)N. The van der Waals surface area contributed by atoms with E-state index in [1.54, 1.807) is 0 Å². The minimum absolute atomic E-state index is 0.210. The van der Waals surface area contributed by atoms with Gasteiger partial charge in [-0.2, -0.15) is 0 Å². The summed E-state index contributed by atoms with van der Waals surface area (Å²) in [6.45, 7) is 4.06. The molecule has 0 aliphatic rings. The van der Waals surface area contributed by atoms with Crippen LogP contribution < -0.4 is 16.8 Å². The van der Waals surface area contributed by atoms with E-state index in [4.69, 9.17) is 11.5 Å². The third kappa shape index (κ3) is 15.9. The molecule has 0 aromatic carbocycles. The topological polar surface area (TPSA) is 64.1 Å². The number of nitrogens with two attached hydrogens (primary N) is 2. The summed E-state index contributed by atoms with van der Waals surface area (Å²) in [6.07, 6.45) is 13.6. The Kier molecular flexibility index (Phi) is 13.8. The van der Waals surface area contributed by atoms with Crippen molar-refractivity contribution in [1.82, 2.24) is 5.32 Å². The molecule has 0 amide bonds. The van der Waals surface area contributed by atoms with Crippen molar-refractivity contribution in [2.24, 2.45) is 11.5 Å². The van der Waals surface area contributed by atoms with E-state index < -0.39 is 0 Å². The van der Waals surface area contributed by atoms with Gasteiger partial charge in [0.05, 0.1) is 6.17 Å². The van der Waals surface area contributed by atoms with E-state index in [1.807, 2.05) is 0 Å². The molecule has 0 spiro atoms. The molecular formula is C14H33N3. The maximum atomic E-state index is 5.44. The Bertz CT molecular complexity index is 137. The van der Waals surface area contributed by atoms with E-state index in [1.165, 1.54) is 64.2 Å². The molecule has 0 radical (unpaired) electrons. The normalized spacial score (nSPS) is 11.3. The zero-order chi connectivity index (χ0) is 12.8. The van der Waals surface area contributed by atoms with Crippen molar-refractivity contribution in [2.45, 2.75) is 77.3 Å². The average molecular weight is 243 g/mol. The lowest BCUT2D eigenvalue weighted by atomic mass is 10.1. The predicted octanol–water partition coefficient (Wildman–Crippen LogP) is 2.74. The van der Waals surface area contributed by atoms with Gasteiger partial charge in [0.15, 0.2) is 0 Å². The molecular weight excluding hydrogens is 210 g/mol. The van der Waals surface area contributed by atoms with Gasteiger partial charge < -0.3 is 16.8 Å². The Morgan fingerprint density at radius 2 is 1.24 bits per heavy atom. The fourth-order valence-corrected chi connectivity index (χ4v) is 2.01. The van der Waals surface area contributed by atoms with Gasteiger partial charge in [0.1, 0.15) is 0 Å². The lowest BCUT2D eigenvalue weighted by molar-refractivity contribution is 0.531. The van der Waals surface area contributed by atoms with Crippen LogP contribution in [0.1, 0.15) is 71.1 Å². The van der Waals surface area contributed by atoms with Crippen LogP contribution in [0.3, 0.4) is 0 Å². The zero-order valence-corrected chi connectivity index (χ0v) is 11.7. The zero-order valence-electron chi connectivity index (χ0n) is 11.7. The Morgan fingerprint density at radius 1 is 0.765 bits per heavy atom. The summed E-state index contributed by atoms with van der Waals surface area (Å²) >= 11 is 0. The number of nitrogens with one attached hydrogen (secondary N) is 1. The van der Waals surface area contributed by atoms with Crippen LogP contribution in [-0.4, -0.2) is 19.3 Å². The van der Waals surface area contributed by atoms with E-state index in [0.29, 0.717) is 0 Å². The van der Waals surface area contributed by atoms with Crippen molar-refractivity contribution in [3.05, 3.63) is 0 Å². The summed E-state index contributed by atoms with van der Waals surface area (Å²) in [5, 5.41) is 3.26. The molecule has 3 nitrogen and oxygen atoms in total. The molecule has 0 unspecified atom stereocenters. The quantitative estimate of drug-likeness (QED) is 0.344. The molecule has 5 N–H and O–H groups in total. The summed E-state index contributed by atoms with van der Waals surface area (Å²) in [7, 11) is 0. The Balaban J connectivity index is 2.89. The van der Waals surface area contributed by atoms with Crippen LogP contribution in [0.25, 0.3) is 0 Å². The van der Waals surface area contributed by atoms with E-state index in [9.17, 15) is 0 Å². The molecule has 0 aliphatic heterocycles. The van der Waals surface area contributed by atoms with Crippen LogP contribution >= 0.6 is 0 Å². The van der Waals surface area contributed by atoms with Crippen LogP contribution in [0, 0.1) is 0 Å². The van der Waals surface area contributed by atoms with Gasteiger partial charge in [-0.15, -0.1) is 0 Å². The highest BCUT2D eigenvalue weighted by atomic mass is 15.0. The second-order valence-electron chi connectivity index (χ2n) is 5.05. The van der Waals surface area contributed by atoms with Crippen molar-refractivity contribution >= 4 is 0 Å². The first-order chi connectivity index (χ1) is 8.27. The second kappa shape index (κ2) is 13.9. The van der Waals surface area contributed by atoms with Gasteiger partial charge in [-0.3, -0.25) is 0 Å². The van der Waals surface area contributed by atoms with E-state index >= 15 is 0 Å². The average Bonchev–Trinajstić information content (AvgIpc) is 2.30. The Hall–Kier alpha value is -0.120. The standard InChI is InChI=1S/C14H33N3/c1-2-3-4-5-6-7-8-9-10-11-12-17-13-14(15)16/h14,17H,2-13,15-16H2,1H3. The van der Waals surface area contributed by atoms with Gasteiger partial charge in [0, 0.05) is 6.54 Å². The molecule has 0 aromatic heterocycles. The molecule has 17 heavy (non-hydrogen) atoms. The summed E-state index contributed by atoms with van der Waals surface area (Å²) in [4.78, 5) is 0. The summed E-state index contributed by atoms with van der Waals surface area (Å²) in [5.41, 5.74) is 10.9. The maximum Gasteiger partial charge on any atom is 0.0649 e. The first-order valence-electron chi connectivity index (χ1n) is 7.49. The maximum absolute atomic E-state index is 5.44. The van der Waals surface area contributed by atoms with Crippen LogP contribution in [0.15, 0.2) is 0 Å². The minimum Gasteiger partial charge on any atom is -0.315 e. The van der Waals surface area contributed by atoms with Gasteiger partial charge in [0.25, 0.3) is 0 Å². The van der Waals surface area contributed by atoms with Crippen molar-refractivity contribution in [1.29, 1.82) is 0 Å². The van der Waals surface area contributed by atoms with E-state index in [-0.39, 0.29) is 6.17 Å². The van der Waals surface area contributed by atoms with Crippen molar-refractivity contribution in [3.63, 3.8) is 0 Å². The van der Waals surface area contributed by atoms with Gasteiger partial charge in [-0.05, 0) is 13.0 Å². The molecule has 0 bridgehead atoms. The molecule has 0 fully saturated rings. The largest absolute Gasteiger partial charge is 0.315 e. The van der Waals surface area contributed by atoms with Crippen molar-refractivity contribution in [3.8, 4) is 0 Å². The number of hydrogen-bond acceptors (Lipinski definition) is 3. The molecule has 0 atom stereocenters. The van der Waals surface area contributed by atoms with Gasteiger partial charge >= 0.3 is 0 Å². The Morgan fingerprint density at radius 3 is 1.71 bits per heavy atom. The van der Waals surface area contributed by atoms with Crippen LogP contribution in [0.4, 0.5) is 0 Å². The molecule has 0 saturated heterocycles. The molecule has 104 valence electrons. The first kappa shape index (κ1) is 16.9. The highest BCUT2D eigenvalue weighted by Gasteiger charge is 1.94. The molecule has 0 heterocycles. The highest BCUT2D eigenvalue weighted by molar-refractivity contribution is 4.56. The highest BCUT2D eigenvalue weighted by Crippen LogP contribution is 2.10. The summed E-state index contributed by atoms with van der Waals surface area (Å²) in [5.74, 6) is 0. The van der Waals surface area contributed by atoms with Crippen LogP contribution in [0.5, 0.6) is 0 Å². The molecule has 0 saturated carbocycles. The number of unbranched alkanes of at least 4 members (excludes halogenated alkanes) is 9. The monoisotopic (exact) mass is 243 g/mol. The van der Waals surface area contributed by atoms with E-state index in [0.717, 1.165) is 13.1 Å². The lowest BCUT2D eigenvalue weighted by Gasteiger charge is -2.07. The first-order valence-corrected chi connectivity index (χ1v) is 7.49. The smallest absolute Gasteiger partial charge is 0.0649 e. The minimum atomic E-state index is -0.210. The molecule has 0 aliphatic carbocycles. The number of rotatable bonds is 13. The van der Waals surface area contributed by atoms with Gasteiger partial charge in [0.2, 0.25) is 0 Å². The van der Waals surface area contributed by atoms with E-state index in [2.05, 4.69) is 12.2 Å².